The molecular weight excluding hydrogens is 431 g/mol. The average molecular weight is 458 g/mol. The van der Waals surface area contributed by atoms with Gasteiger partial charge in [0.2, 0.25) is 0 Å². The van der Waals surface area contributed by atoms with Gasteiger partial charge in [0, 0.05) is 12.7 Å². The van der Waals surface area contributed by atoms with Crippen LogP contribution in [0, 0.1) is 6.92 Å². The molecule has 5 nitrogen and oxygen atoms in total. The van der Waals surface area contributed by atoms with E-state index in [4.69, 9.17) is 0 Å². The van der Waals surface area contributed by atoms with Crippen molar-refractivity contribution >= 4 is 41.3 Å². The van der Waals surface area contributed by atoms with Crippen LogP contribution in [0.15, 0.2) is 28.7 Å². The summed E-state index contributed by atoms with van der Waals surface area (Å²) in [5, 5.41) is 8.67. The molecule has 0 spiro atoms. The Hall–Kier alpha value is -1.91. The van der Waals surface area contributed by atoms with Crippen LogP contribution in [0.5, 0.6) is 0 Å². The van der Waals surface area contributed by atoms with Crippen LogP contribution in [0.25, 0.3) is 5.70 Å². The SMILES string of the molecule is C=N/C(=C\SCNc1ccc(CNC(C)(C)C(F)(F)F)cn1)c1sc(CC)nc1C. The molecule has 0 bridgehead atoms. The number of thiazole rings is 1. The number of nitrogens with one attached hydrogen (secondary N) is 2. The van der Waals surface area contributed by atoms with Gasteiger partial charge < -0.3 is 5.32 Å². The second-order valence-corrected chi connectivity index (χ2v) is 8.99. The average Bonchev–Trinajstić information content (AvgIpc) is 3.07. The third-order valence-corrected chi connectivity index (χ3v) is 6.37. The third-order valence-electron chi connectivity index (χ3n) is 4.35. The zero-order chi connectivity index (χ0) is 22.4. The summed E-state index contributed by atoms with van der Waals surface area (Å²) in [4.78, 5) is 13.9. The van der Waals surface area contributed by atoms with E-state index in [1.54, 1.807) is 29.7 Å². The van der Waals surface area contributed by atoms with Crippen LogP contribution in [-0.2, 0) is 13.0 Å². The summed E-state index contributed by atoms with van der Waals surface area (Å²) in [5.41, 5.74) is 0.454. The lowest BCUT2D eigenvalue weighted by atomic mass is 10.0. The van der Waals surface area contributed by atoms with Gasteiger partial charge in [-0.25, -0.2) is 9.97 Å². The molecule has 2 N–H and O–H groups in total. The van der Waals surface area contributed by atoms with Crippen molar-refractivity contribution in [2.24, 2.45) is 4.99 Å². The van der Waals surface area contributed by atoms with Crippen LogP contribution < -0.4 is 10.6 Å². The number of aromatic nitrogens is 2. The molecule has 0 fully saturated rings. The Balaban J connectivity index is 1.87. The highest BCUT2D eigenvalue weighted by Gasteiger charge is 2.46. The van der Waals surface area contributed by atoms with E-state index >= 15 is 0 Å². The summed E-state index contributed by atoms with van der Waals surface area (Å²) in [6.45, 7) is 9.99. The van der Waals surface area contributed by atoms with Crippen LogP contribution in [0.1, 0.15) is 41.9 Å². The Morgan fingerprint density at radius 3 is 2.60 bits per heavy atom. The van der Waals surface area contributed by atoms with E-state index in [-0.39, 0.29) is 6.54 Å². The lowest BCUT2D eigenvalue weighted by Gasteiger charge is -2.29. The number of halogens is 3. The Bertz CT molecular complexity index is 874. The number of thioether (sulfide) groups is 1. The molecule has 164 valence electrons. The van der Waals surface area contributed by atoms with E-state index < -0.39 is 11.7 Å². The second-order valence-electron chi connectivity index (χ2n) is 7.05. The van der Waals surface area contributed by atoms with Crippen molar-refractivity contribution in [1.82, 2.24) is 15.3 Å². The third kappa shape index (κ3) is 6.55. The number of rotatable bonds is 10. The molecule has 0 aliphatic heterocycles. The molecule has 0 saturated heterocycles. The van der Waals surface area contributed by atoms with Crippen molar-refractivity contribution in [2.45, 2.75) is 52.4 Å². The lowest BCUT2D eigenvalue weighted by Crippen LogP contribution is -2.51. The highest BCUT2D eigenvalue weighted by molar-refractivity contribution is 8.02. The molecule has 0 aromatic carbocycles. The van der Waals surface area contributed by atoms with Gasteiger partial charge in [0.1, 0.15) is 11.4 Å². The van der Waals surface area contributed by atoms with E-state index in [1.165, 1.54) is 11.8 Å². The predicted molar refractivity (Wildman–Crippen MR) is 121 cm³/mol. The van der Waals surface area contributed by atoms with Gasteiger partial charge in [-0.2, -0.15) is 13.2 Å². The Kier molecular flexibility index (Phi) is 8.45. The maximum atomic E-state index is 12.9. The molecule has 0 radical (unpaired) electrons. The van der Waals surface area contributed by atoms with Crippen molar-refractivity contribution < 1.29 is 13.2 Å². The van der Waals surface area contributed by atoms with Gasteiger partial charge in [-0.1, -0.05) is 13.0 Å². The molecule has 0 atom stereocenters. The molecular formula is C20H26F3N5S2. The van der Waals surface area contributed by atoms with E-state index in [9.17, 15) is 13.2 Å². The van der Waals surface area contributed by atoms with Gasteiger partial charge in [-0.15, -0.1) is 23.1 Å². The van der Waals surface area contributed by atoms with Gasteiger partial charge in [0.05, 0.1) is 27.2 Å². The summed E-state index contributed by atoms with van der Waals surface area (Å²) < 4.78 is 38.7. The maximum Gasteiger partial charge on any atom is 0.406 e. The van der Waals surface area contributed by atoms with Crippen molar-refractivity contribution in [3.63, 3.8) is 0 Å². The summed E-state index contributed by atoms with van der Waals surface area (Å²) in [7, 11) is 0. The molecule has 0 unspecified atom stereocenters. The fourth-order valence-corrected chi connectivity index (χ4v) is 4.02. The van der Waals surface area contributed by atoms with Crippen LogP contribution in [-0.4, -0.2) is 34.3 Å². The predicted octanol–water partition coefficient (Wildman–Crippen LogP) is 5.64. The first-order valence-electron chi connectivity index (χ1n) is 9.33. The monoisotopic (exact) mass is 457 g/mol. The molecule has 0 aliphatic carbocycles. The number of anilines is 1. The van der Waals surface area contributed by atoms with Crippen molar-refractivity contribution in [1.29, 1.82) is 0 Å². The minimum atomic E-state index is -4.32. The zero-order valence-corrected chi connectivity index (χ0v) is 19.1. The lowest BCUT2D eigenvalue weighted by molar-refractivity contribution is -0.186. The number of alkyl halides is 3. The van der Waals surface area contributed by atoms with Gasteiger partial charge in [0.25, 0.3) is 0 Å². The molecule has 2 rings (SSSR count). The maximum absolute atomic E-state index is 12.9. The number of nitrogens with zero attached hydrogens (tertiary/aromatic N) is 3. The summed E-state index contributed by atoms with van der Waals surface area (Å²) in [5.74, 6) is 1.20. The molecule has 30 heavy (non-hydrogen) atoms. The van der Waals surface area contributed by atoms with Crippen molar-refractivity contribution in [3.8, 4) is 0 Å². The highest BCUT2D eigenvalue weighted by atomic mass is 32.2. The van der Waals surface area contributed by atoms with Crippen LogP contribution >= 0.6 is 23.1 Å². The summed E-state index contributed by atoms with van der Waals surface area (Å²) >= 11 is 3.14. The largest absolute Gasteiger partial charge is 0.406 e. The minimum Gasteiger partial charge on any atom is -0.361 e. The highest BCUT2D eigenvalue weighted by Crippen LogP contribution is 2.30. The molecule has 0 saturated carbocycles. The minimum absolute atomic E-state index is 0.0829. The molecule has 2 aromatic heterocycles. The van der Waals surface area contributed by atoms with Crippen LogP contribution in [0.3, 0.4) is 0 Å². The number of aryl methyl sites for hydroxylation is 2. The molecule has 2 heterocycles. The summed E-state index contributed by atoms with van der Waals surface area (Å²) in [6.07, 6.45) is -1.87. The number of pyridine rings is 1. The quantitative estimate of drug-likeness (QED) is 0.275. The first kappa shape index (κ1) is 24.4. The standard InChI is InChI=1S/C20H26F3N5S2/c1-6-17-28-13(2)18(30-17)15(24-5)11-29-12-26-16-8-7-14(9-25-16)10-27-19(3,4)20(21,22)23/h7-9,11,27H,5-6,10,12H2,1-4H3,(H,25,26)/b15-11-. The van der Waals surface area contributed by atoms with E-state index in [0.717, 1.165) is 41.5 Å². The van der Waals surface area contributed by atoms with Crippen molar-refractivity contribution in [3.05, 3.63) is 44.9 Å². The topological polar surface area (TPSA) is 62.2 Å². The number of aliphatic imine (C=N–C) groups is 1. The zero-order valence-electron chi connectivity index (χ0n) is 17.4. The van der Waals surface area contributed by atoms with E-state index in [2.05, 4.69) is 39.2 Å². The molecule has 10 heteroatoms. The van der Waals surface area contributed by atoms with E-state index in [1.807, 2.05) is 12.3 Å². The number of hydrogen-bond donors (Lipinski definition) is 2. The van der Waals surface area contributed by atoms with Crippen molar-refractivity contribution in [2.75, 3.05) is 11.2 Å². The fraction of sp³-hybridized carbons (Fsp3) is 0.450. The Morgan fingerprint density at radius 2 is 2.07 bits per heavy atom. The van der Waals surface area contributed by atoms with Crippen LogP contribution in [0.2, 0.25) is 0 Å². The van der Waals surface area contributed by atoms with Gasteiger partial charge in [-0.3, -0.25) is 10.3 Å². The Labute approximate surface area is 183 Å². The summed E-state index contributed by atoms with van der Waals surface area (Å²) in [6, 6.07) is 3.49. The first-order valence-corrected chi connectivity index (χ1v) is 11.2. The molecule has 0 amide bonds. The Morgan fingerprint density at radius 1 is 1.33 bits per heavy atom. The first-order chi connectivity index (χ1) is 14.1. The fourth-order valence-electron chi connectivity index (χ4n) is 2.30. The normalized spacial score (nSPS) is 12.8. The molecule has 0 aliphatic rings. The second kappa shape index (κ2) is 10.4. The smallest absolute Gasteiger partial charge is 0.361 e. The number of hydrogen-bond acceptors (Lipinski definition) is 7. The van der Waals surface area contributed by atoms with E-state index in [0.29, 0.717) is 17.3 Å². The van der Waals surface area contributed by atoms with Gasteiger partial charge >= 0.3 is 6.18 Å². The van der Waals surface area contributed by atoms with Gasteiger partial charge in [0.15, 0.2) is 0 Å². The van der Waals surface area contributed by atoms with Gasteiger partial charge in [-0.05, 0) is 50.9 Å². The van der Waals surface area contributed by atoms with Crippen LogP contribution in [0.4, 0.5) is 19.0 Å². The molecule has 2 aromatic rings.